The number of pyridine rings is 1. The number of aromatic nitrogens is 1. The lowest BCUT2D eigenvalue weighted by Crippen LogP contribution is -2.40. The van der Waals surface area contributed by atoms with Crippen LogP contribution in [-0.4, -0.2) is 41.5 Å². The summed E-state index contributed by atoms with van der Waals surface area (Å²) in [5.41, 5.74) is 1.57. The molecule has 1 aromatic heterocycles. The van der Waals surface area contributed by atoms with Gasteiger partial charge in [0.15, 0.2) is 0 Å². The van der Waals surface area contributed by atoms with Gasteiger partial charge in [-0.2, -0.15) is 0 Å². The number of hydrogen-bond acceptors (Lipinski definition) is 2. The fourth-order valence-corrected chi connectivity index (χ4v) is 2.19. The molecule has 0 bridgehead atoms. The van der Waals surface area contributed by atoms with E-state index in [4.69, 9.17) is 0 Å². The van der Waals surface area contributed by atoms with E-state index in [2.05, 4.69) is 4.98 Å². The van der Waals surface area contributed by atoms with Gasteiger partial charge in [-0.3, -0.25) is 4.98 Å². The van der Waals surface area contributed by atoms with Crippen molar-refractivity contribution in [3.63, 3.8) is 0 Å². The van der Waals surface area contributed by atoms with Gasteiger partial charge in [0.05, 0.1) is 0 Å². The third kappa shape index (κ3) is 4.28. The molecule has 0 aliphatic heterocycles. The summed E-state index contributed by atoms with van der Waals surface area (Å²) in [7, 11) is 3.42. The van der Waals surface area contributed by atoms with E-state index in [9.17, 15) is 9.18 Å². The van der Waals surface area contributed by atoms with Gasteiger partial charge >= 0.3 is 6.03 Å². The zero-order chi connectivity index (χ0) is 15.9. The van der Waals surface area contributed by atoms with Crippen LogP contribution in [0, 0.1) is 5.82 Å². The number of benzene rings is 1. The summed E-state index contributed by atoms with van der Waals surface area (Å²) in [5.74, 6) is -0.235. The lowest BCUT2D eigenvalue weighted by Gasteiger charge is -2.26. The number of nitrogens with zero attached hydrogens (tertiary/aromatic N) is 3. The molecule has 0 saturated heterocycles. The van der Waals surface area contributed by atoms with Crippen LogP contribution < -0.4 is 0 Å². The molecule has 1 aromatic carbocycles. The van der Waals surface area contributed by atoms with Crippen molar-refractivity contribution in [1.29, 1.82) is 0 Å². The zero-order valence-electron chi connectivity index (χ0n) is 12.9. The molecule has 0 aliphatic carbocycles. The molecule has 5 heteroatoms. The minimum absolute atomic E-state index is 0.0970. The van der Waals surface area contributed by atoms with Gasteiger partial charge < -0.3 is 9.80 Å². The summed E-state index contributed by atoms with van der Waals surface area (Å²) in [6.07, 6.45) is 3.91. The van der Waals surface area contributed by atoms with Gasteiger partial charge in [0, 0.05) is 39.6 Å². The number of urea groups is 1. The highest BCUT2D eigenvalue weighted by Gasteiger charge is 2.16. The lowest BCUT2D eigenvalue weighted by molar-refractivity contribution is 0.168. The van der Waals surface area contributed by atoms with Crippen LogP contribution in [0.1, 0.15) is 11.1 Å². The molecule has 0 atom stereocenters. The van der Waals surface area contributed by atoms with E-state index in [0.717, 1.165) is 5.56 Å². The number of hydrogen-bond donors (Lipinski definition) is 0. The lowest BCUT2D eigenvalue weighted by atomic mass is 10.1. The van der Waals surface area contributed by atoms with Crippen molar-refractivity contribution in [2.24, 2.45) is 0 Å². The van der Waals surface area contributed by atoms with Gasteiger partial charge in [-0.25, -0.2) is 9.18 Å². The van der Waals surface area contributed by atoms with E-state index >= 15 is 0 Å². The van der Waals surface area contributed by atoms with E-state index < -0.39 is 0 Å². The van der Waals surface area contributed by atoms with Gasteiger partial charge in [0.2, 0.25) is 0 Å². The van der Waals surface area contributed by atoms with Crippen LogP contribution in [-0.2, 0) is 13.0 Å². The number of carbonyl (C=O) groups excluding carboxylic acids is 1. The first kappa shape index (κ1) is 15.9. The maximum absolute atomic E-state index is 13.7. The molecule has 4 nitrogen and oxygen atoms in total. The van der Waals surface area contributed by atoms with Crippen LogP contribution in [0.2, 0.25) is 0 Å². The molecule has 0 fully saturated rings. The third-order valence-corrected chi connectivity index (χ3v) is 3.36. The molecule has 1 heterocycles. The second kappa shape index (κ2) is 7.54. The van der Waals surface area contributed by atoms with Gasteiger partial charge in [-0.1, -0.05) is 24.3 Å². The van der Waals surface area contributed by atoms with Crippen molar-refractivity contribution >= 4 is 6.03 Å². The molecule has 0 spiro atoms. The SMILES string of the molecule is CN(C)C(=O)N(CCc1ccccc1F)Cc1cccnc1. The van der Waals surface area contributed by atoms with Gasteiger partial charge in [-0.05, 0) is 29.7 Å². The van der Waals surface area contributed by atoms with Gasteiger partial charge in [0.1, 0.15) is 5.82 Å². The molecule has 0 unspecified atom stereocenters. The Morgan fingerprint density at radius 2 is 1.95 bits per heavy atom. The highest BCUT2D eigenvalue weighted by molar-refractivity contribution is 5.73. The predicted molar refractivity (Wildman–Crippen MR) is 83.8 cm³/mol. The molecular weight excluding hydrogens is 281 g/mol. The van der Waals surface area contributed by atoms with Crippen LogP contribution in [0.4, 0.5) is 9.18 Å². The number of halogens is 1. The molecule has 2 aromatic rings. The predicted octanol–water partition coefficient (Wildman–Crippen LogP) is 2.95. The zero-order valence-corrected chi connectivity index (χ0v) is 12.9. The standard InChI is InChI=1S/C17H20FN3O/c1-20(2)17(22)21(13-14-6-5-10-19-12-14)11-9-15-7-3-4-8-16(15)18/h3-8,10,12H,9,11,13H2,1-2H3. The summed E-state index contributed by atoms with van der Waals surface area (Å²) in [6.45, 7) is 0.909. The molecule has 0 saturated carbocycles. The van der Waals surface area contributed by atoms with Crippen LogP contribution in [0.15, 0.2) is 48.8 Å². The number of amides is 2. The Hall–Kier alpha value is -2.43. The summed E-state index contributed by atoms with van der Waals surface area (Å²) >= 11 is 0. The minimum atomic E-state index is -0.235. The maximum Gasteiger partial charge on any atom is 0.319 e. The van der Waals surface area contributed by atoms with E-state index in [-0.39, 0.29) is 11.8 Å². The monoisotopic (exact) mass is 301 g/mol. The Labute approximate surface area is 130 Å². The second-order valence-corrected chi connectivity index (χ2v) is 5.30. The fourth-order valence-electron chi connectivity index (χ4n) is 2.19. The van der Waals surface area contributed by atoms with E-state index in [1.165, 1.54) is 11.0 Å². The Balaban J connectivity index is 2.08. The van der Waals surface area contributed by atoms with Gasteiger partial charge in [-0.15, -0.1) is 0 Å². The quantitative estimate of drug-likeness (QED) is 0.851. The molecule has 116 valence electrons. The van der Waals surface area contributed by atoms with Crippen molar-refractivity contribution in [3.05, 3.63) is 65.7 Å². The van der Waals surface area contributed by atoms with Crippen molar-refractivity contribution in [1.82, 2.24) is 14.8 Å². The smallest absolute Gasteiger partial charge is 0.319 e. The molecule has 0 N–H and O–H groups in total. The highest BCUT2D eigenvalue weighted by Crippen LogP contribution is 2.11. The van der Waals surface area contributed by atoms with Crippen LogP contribution in [0.25, 0.3) is 0 Å². The fraction of sp³-hybridized carbons (Fsp3) is 0.294. The average molecular weight is 301 g/mol. The Kier molecular flexibility index (Phi) is 5.47. The Morgan fingerprint density at radius 1 is 1.18 bits per heavy atom. The summed E-state index contributed by atoms with van der Waals surface area (Å²) in [5, 5.41) is 0. The van der Waals surface area contributed by atoms with Crippen LogP contribution in [0.3, 0.4) is 0 Å². The molecule has 0 aliphatic rings. The van der Waals surface area contributed by atoms with Crippen molar-refractivity contribution < 1.29 is 9.18 Å². The van der Waals surface area contributed by atoms with Crippen molar-refractivity contribution in [2.45, 2.75) is 13.0 Å². The highest BCUT2D eigenvalue weighted by atomic mass is 19.1. The first-order chi connectivity index (χ1) is 10.6. The number of carbonyl (C=O) groups is 1. The van der Waals surface area contributed by atoms with Crippen LogP contribution in [0.5, 0.6) is 0 Å². The first-order valence-corrected chi connectivity index (χ1v) is 7.16. The third-order valence-electron chi connectivity index (χ3n) is 3.36. The average Bonchev–Trinajstić information content (AvgIpc) is 2.53. The maximum atomic E-state index is 13.7. The Morgan fingerprint density at radius 3 is 2.59 bits per heavy atom. The number of rotatable bonds is 5. The van der Waals surface area contributed by atoms with E-state index in [1.54, 1.807) is 49.6 Å². The Bertz CT molecular complexity index is 616. The summed E-state index contributed by atoms with van der Waals surface area (Å²) in [4.78, 5) is 19.6. The van der Waals surface area contributed by atoms with E-state index in [0.29, 0.717) is 25.1 Å². The molecule has 2 rings (SSSR count). The summed E-state index contributed by atoms with van der Waals surface area (Å²) < 4.78 is 13.7. The molecule has 22 heavy (non-hydrogen) atoms. The van der Waals surface area contributed by atoms with Crippen LogP contribution >= 0.6 is 0 Å². The van der Waals surface area contributed by atoms with Gasteiger partial charge in [0.25, 0.3) is 0 Å². The van der Waals surface area contributed by atoms with E-state index in [1.807, 2.05) is 12.1 Å². The largest absolute Gasteiger partial charge is 0.331 e. The first-order valence-electron chi connectivity index (χ1n) is 7.16. The normalized spacial score (nSPS) is 10.3. The summed E-state index contributed by atoms with van der Waals surface area (Å²) in [6, 6.07) is 10.3. The molecule has 0 radical (unpaired) electrons. The molecular formula is C17H20FN3O. The second-order valence-electron chi connectivity index (χ2n) is 5.30. The van der Waals surface area contributed by atoms with Crippen molar-refractivity contribution in [3.8, 4) is 0 Å². The molecule has 2 amide bonds. The van der Waals surface area contributed by atoms with Crippen molar-refractivity contribution in [2.75, 3.05) is 20.6 Å². The minimum Gasteiger partial charge on any atom is -0.331 e. The topological polar surface area (TPSA) is 36.4 Å².